The zero-order valence-corrected chi connectivity index (χ0v) is 9.90. The number of benzene rings is 1. The van der Waals surface area contributed by atoms with Crippen molar-refractivity contribution in [3.63, 3.8) is 0 Å². The van der Waals surface area contributed by atoms with Crippen molar-refractivity contribution in [1.82, 2.24) is 5.32 Å². The lowest BCUT2D eigenvalue weighted by atomic mass is 9.89. The maximum absolute atomic E-state index is 5.54. The van der Waals surface area contributed by atoms with Gasteiger partial charge in [-0.15, -0.1) is 0 Å². The summed E-state index contributed by atoms with van der Waals surface area (Å²) in [5.74, 6) is 1.35. The largest absolute Gasteiger partial charge is 0.497 e. The molecule has 1 aromatic rings. The number of piperidine rings is 1. The summed E-state index contributed by atoms with van der Waals surface area (Å²) in [6, 6.07) is 8.28. The summed E-state index contributed by atoms with van der Waals surface area (Å²) in [5.41, 5.74) is 1.32. The molecule has 0 saturated carbocycles. The van der Waals surface area contributed by atoms with E-state index in [1.54, 1.807) is 14.2 Å². The monoisotopic (exact) mass is 221 g/mol. The van der Waals surface area contributed by atoms with Crippen LogP contribution < -0.4 is 10.1 Å². The molecule has 1 heterocycles. The molecule has 88 valence electrons. The van der Waals surface area contributed by atoms with Gasteiger partial charge in [0.2, 0.25) is 0 Å². The fourth-order valence-corrected chi connectivity index (χ4v) is 2.30. The first-order valence-electron chi connectivity index (χ1n) is 5.72. The van der Waals surface area contributed by atoms with Crippen molar-refractivity contribution in [2.24, 2.45) is 0 Å². The lowest BCUT2D eigenvalue weighted by molar-refractivity contribution is 0.0585. The lowest BCUT2D eigenvalue weighted by Gasteiger charge is -2.31. The third-order valence-electron chi connectivity index (χ3n) is 3.27. The van der Waals surface area contributed by atoms with Crippen LogP contribution in [0, 0.1) is 0 Å². The minimum absolute atomic E-state index is 0.328. The summed E-state index contributed by atoms with van der Waals surface area (Å²) in [6.45, 7) is 2.04. The summed E-state index contributed by atoms with van der Waals surface area (Å²) in [7, 11) is 3.49. The van der Waals surface area contributed by atoms with Crippen molar-refractivity contribution in [3.05, 3.63) is 29.8 Å². The molecule has 0 amide bonds. The summed E-state index contributed by atoms with van der Waals surface area (Å²) < 4.78 is 10.7. The Morgan fingerprint density at radius 1 is 1.19 bits per heavy atom. The quantitative estimate of drug-likeness (QED) is 0.844. The van der Waals surface area contributed by atoms with Crippen LogP contribution in [0.1, 0.15) is 17.9 Å². The molecule has 2 rings (SSSR count). The van der Waals surface area contributed by atoms with Gasteiger partial charge in [-0.3, -0.25) is 0 Å². The number of nitrogens with one attached hydrogen (secondary N) is 1. The smallest absolute Gasteiger partial charge is 0.118 e. The van der Waals surface area contributed by atoms with E-state index in [2.05, 4.69) is 17.4 Å². The topological polar surface area (TPSA) is 30.5 Å². The SMILES string of the molecule is COc1ccc(C2CNCCC2OC)cc1. The zero-order chi connectivity index (χ0) is 11.4. The minimum atomic E-state index is 0.328. The molecule has 0 aliphatic carbocycles. The van der Waals surface area contributed by atoms with E-state index in [0.717, 1.165) is 25.3 Å². The average molecular weight is 221 g/mol. The molecule has 0 radical (unpaired) electrons. The Morgan fingerprint density at radius 2 is 1.94 bits per heavy atom. The van der Waals surface area contributed by atoms with Crippen molar-refractivity contribution in [2.45, 2.75) is 18.4 Å². The van der Waals surface area contributed by atoms with Gasteiger partial charge in [0.25, 0.3) is 0 Å². The summed E-state index contributed by atoms with van der Waals surface area (Å²) >= 11 is 0. The van der Waals surface area contributed by atoms with Crippen molar-refractivity contribution in [3.8, 4) is 5.75 Å². The second-order valence-corrected chi connectivity index (χ2v) is 4.15. The highest BCUT2D eigenvalue weighted by molar-refractivity contribution is 5.30. The molecule has 2 atom stereocenters. The van der Waals surface area contributed by atoms with Crippen LogP contribution in [-0.2, 0) is 4.74 Å². The van der Waals surface area contributed by atoms with Crippen LogP contribution in [0.25, 0.3) is 0 Å². The van der Waals surface area contributed by atoms with Gasteiger partial charge in [-0.1, -0.05) is 12.1 Å². The molecule has 1 aromatic carbocycles. The molecule has 1 aliphatic heterocycles. The van der Waals surface area contributed by atoms with Crippen molar-refractivity contribution >= 4 is 0 Å². The molecule has 3 nitrogen and oxygen atoms in total. The van der Waals surface area contributed by atoms with Gasteiger partial charge in [0, 0.05) is 19.6 Å². The van der Waals surface area contributed by atoms with Crippen molar-refractivity contribution in [2.75, 3.05) is 27.3 Å². The Bertz CT molecular complexity index is 323. The maximum atomic E-state index is 5.54. The van der Waals surface area contributed by atoms with E-state index in [9.17, 15) is 0 Å². The molecule has 2 unspecified atom stereocenters. The van der Waals surface area contributed by atoms with Crippen LogP contribution >= 0.6 is 0 Å². The van der Waals surface area contributed by atoms with Crippen LogP contribution in [0.15, 0.2) is 24.3 Å². The van der Waals surface area contributed by atoms with Crippen molar-refractivity contribution < 1.29 is 9.47 Å². The first-order chi connectivity index (χ1) is 7.85. The third kappa shape index (κ3) is 2.36. The second-order valence-electron chi connectivity index (χ2n) is 4.15. The first-order valence-corrected chi connectivity index (χ1v) is 5.72. The third-order valence-corrected chi connectivity index (χ3v) is 3.27. The van der Waals surface area contributed by atoms with E-state index < -0.39 is 0 Å². The highest BCUT2D eigenvalue weighted by atomic mass is 16.5. The van der Waals surface area contributed by atoms with E-state index in [-0.39, 0.29) is 0 Å². The van der Waals surface area contributed by atoms with Gasteiger partial charge in [-0.2, -0.15) is 0 Å². The van der Waals surface area contributed by atoms with Crippen LogP contribution in [0.4, 0.5) is 0 Å². The van der Waals surface area contributed by atoms with Gasteiger partial charge in [0.1, 0.15) is 5.75 Å². The van der Waals surface area contributed by atoms with Gasteiger partial charge in [0.05, 0.1) is 13.2 Å². The van der Waals surface area contributed by atoms with Crippen LogP contribution in [0.3, 0.4) is 0 Å². The number of hydrogen-bond acceptors (Lipinski definition) is 3. The van der Waals surface area contributed by atoms with E-state index in [4.69, 9.17) is 9.47 Å². The number of methoxy groups -OCH3 is 2. The molecule has 1 N–H and O–H groups in total. The lowest BCUT2D eigenvalue weighted by Crippen LogP contribution is -2.39. The Morgan fingerprint density at radius 3 is 2.56 bits per heavy atom. The minimum Gasteiger partial charge on any atom is -0.497 e. The molecule has 16 heavy (non-hydrogen) atoms. The summed E-state index contributed by atoms with van der Waals surface area (Å²) in [6.07, 6.45) is 1.40. The van der Waals surface area contributed by atoms with E-state index in [1.807, 2.05) is 12.1 Å². The Kier molecular flexibility index (Phi) is 3.80. The Balaban J connectivity index is 2.14. The predicted molar refractivity (Wildman–Crippen MR) is 64.0 cm³/mol. The second kappa shape index (κ2) is 5.32. The van der Waals surface area contributed by atoms with Crippen LogP contribution in [0.5, 0.6) is 5.75 Å². The molecule has 0 bridgehead atoms. The summed E-state index contributed by atoms with van der Waals surface area (Å²) in [5, 5.41) is 3.41. The molecule has 1 saturated heterocycles. The molecule has 1 fully saturated rings. The summed E-state index contributed by atoms with van der Waals surface area (Å²) in [4.78, 5) is 0. The molecule has 0 aromatic heterocycles. The van der Waals surface area contributed by atoms with Gasteiger partial charge in [-0.25, -0.2) is 0 Å². The van der Waals surface area contributed by atoms with Gasteiger partial charge >= 0.3 is 0 Å². The number of hydrogen-bond donors (Lipinski definition) is 1. The zero-order valence-electron chi connectivity index (χ0n) is 9.90. The van der Waals surface area contributed by atoms with E-state index >= 15 is 0 Å². The first kappa shape index (κ1) is 11.4. The van der Waals surface area contributed by atoms with E-state index in [1.165, 1.54) is 5.56 Å². The highest BCUT2D eigenvalue weighted by Crippen LogP contribution is 2.27. The maximum Gasteiger partial charge on any atom is 0.118 e. The molecular formula is C13H19NO2. The highest BCUT2D eigenvalue weighted by Gasteiger charge is 2.25. The molecule has 0 spiro atoms. The van der Waals surface area contributed by atoms with Gasteiger partial charge in [-0.05, 0) is 30.7 Å². The Hall–Kier alpha value is -1.06. The van der Waals surface area contributed by atoms with E-state index in [0.29, 0.717) is 12.0 Å². The average Bonchev–Trinajstić information content (AvgIpc) is 2.39. The predicted octanol–water partition coefficient (Wildman–Crippen LogP) is 1.79. The molecule has 3 heteroatoms. The fraction of sp³-hybridized carbons (Fsp3) is 0.538. The molecule has 1 aliphatic rings. The number of ether oxygens (including phenoxy) is 2. The van der Waals surface area contributed by atoms with Crippen molar-refractivity contribution in [1.29, 1.82) is 0 Å². The Labute approximate surface area is 96.8 Å². The van der Waals surface area contributed by atoms with Gasteiger partial charge < -0.3 is 14.8 Å². The van der Waals surface area contributed by atoms with Gasteiger partial charge in [0.15, 0.2) is 0 Å². The van der Waals surface area contributed by atoms with Crippen LogP contribution in [-0.4, -0.2) is 33.4 Å². The normalized spacial score (nSPS) is 25.4. The standard InChI is InChI=1S/C13H19NO2/c1-15-11-5-3-10(4-6-11)12-9-14-8-7-13(12)16-2/h3-6,12-14H,7-9H2,1-2H3. The fourth-order valence-electron chi connectivity index (χ4n) is 2.30. The van der Waals surface area contributed by atoms with Crippen LogP contribution in [0.2, 0.25) is 0 Å². The number of rotatable bonds is 3. The molecular weight excluding hydrogens is 202 g/mol.